The number of ether oxygens (including phenoxy) is 1. The minimum absolute atomic E-state index is 0.0278. The molecule has 0 saturated carbocycles. The van der Waals surface area contributed by atoms with Crippen LogP contribution in [0.3, 0.4) is 0 Å². The summed E-state index contributed by atoms with van der Waals surface area (Å²) in [6, 6.07) is 0. The summed E-state index contributed by atoms with van der Waals surface area (Å²) >= 11 is 0. The highest BCUT2D eigenvalue weighted by molar-refractivity contribution is 5.69. The van der Waals surface area contributed by atoms with Crippen molar-refractivity contribution in [1.29, 1.82) is 0 Å². The molecular weight excluding hydrogens is 224 g/mol. The third-order valence-corrected chi connectivity index (χ3v) is 2.33. The summed E-state index contributed by atoms with van der Waals surface area (Å²) in [6.07, 6.45) is 1.48. The Morgan fingerprint density at radius 1 is 1.65 bits per heavy atom. The van der Waals surface area contributed by atoms with Crippen LogP contribution in [0.15, 0.2) is 6.33 Å². The molecule has 1 heterocycles. The minimum Gasteiger partial charge on any atom is -0.480 e. The van der Waals surface area contributed by atoms with E-state index >= 15 is 0 Å². The fourth-order valence-corrected chi connectivity index (χ4v) is 1.50. The van der Waals surface area contributed by atoms with Crippen LogP contribution in [0.1, 0.15) is 12.7 Å². The van der Waals surface area contributed by atoms with Gasteiger partial charge in [0.2, 0.25) is 0 Å². The van der Waals surface area contributed by atoms with Crippen molar-refractivity contribution in [3.63, 3.8) is 0 Å². The number of aryl methyl sites for hydroxylation is 1. The number of aromatic nitrogens is 3. The first-order valence-corrected chi connectivity index (χ1v) is 5.47. The van der Waals surface area contributed by atoms with E-state index in [0.717, 1.165) is 12.4 Å². The summed E-state index contributed by atoms with van der Waals surface area (Å²) in [5.41, 5.74) is 0. The number of carboxylic acids is 1. The van der Waals surface area contributed by atoms with Crippen LogP contribution in [0.25, 0.3) is 0 Å². The molecule has 0 fully saturated rings. The lowest BCUT2D eigenvalue weighted by Crippen LogP contribution is -2.33. The molecule has 0 aromatic carbocycles. The topological polar surface area (TPSA) is 80.5 Å². The minimum atomic E-state index is -0.858. The van der Waals surface area contributed by atoms with Crippen molar-refractivity contribution in [3.8, 4) is 0 Å². The molecule has 0 aliphatic rings. The number of nitrogens with zero attached hydrogens (tertiary/aromatic N) is 4. The number of aliphatic carboxylic acids is 1. The highest BCUT2D eigenvalue weighted by Crippen LogP contribution is 2.01. The van der Waals surface area contributed by atoms with Gasteiger partial charge in [0.05, 0.1) is 19.7 Å². The monoisotopic (exact) mass is 242 g/mol. The van der Waals surface area contributed by atoms with Crippen molar-refractivity contribution in [3.05, 3.63) is 12.2 Å². The summed E-state index contributed by atoms with van der Waals surface area (Å²) in [4.78, 5) is 16.6. The third-order valence-electron chi connectivity index (χ3n) is 2.33. The number of hydrogen-bond donors (Lipinski definition) is 1. The van der Waals surface area contributed by atoms with Gasteiger partial charge in [0.1, 0.15) is 12.2 Å². The zero-order chi connectivity index (χ0) is 12.7. The maximum atomic E-state index is 10.7. The van der Waals surface area contributed by atoms with Crippen LogP contribution in [0.5, 0.6) is 0 Å². The largest absolute Gasteiger partial charge is 0.480 e. The van der Waals surface area contributed by atoms with E-state index in [1.54, 1.807) is 16.7 Å². The molecule has 1 N–H and O–H groups in total. The molecule has 0 aliphatic carbocycles. The molecule has 1 rings (SSSR count). The molecule has 96 valence electrons. The van der Waals surface area contributed by atoms with Gasteiger partial charge < -0.3 is 9.84 Å². The highest BCUT2D eigenvalue weighted by Gasteiger charge is 2.13. The second-order valence-corrected chi connectivity index (χ2v) is 3.59. The van der Waals surface area contributed by atoms with E-state index in [0.29, 0.717) is 19.7 Å². The van der Waals surface area contributed by atoms with Gasteiger partial charge in [-0.2, -0.15) is 5.10 Å². The Balaban J connectivity index is 2.61. The summed E-state index contributed by atoms with van der Waals surface area (Å²) in [5.74, 6) is -0.0893. The molecule has 0 bridgehead atoms. The van der Waals surface area contributed by atoms with Crippen LogP contribution in [-0.4, -0.2) is 57.5 Å². The van der Waals surface area contributed by atoms with Crippen molar-refractivity contribution in [2.24, 2.45) is 0 Å². The summed E-state index contributed by atoms with van der Waals surface area (Å²) in [7, 11) is 1.59. The van der Waals surface area contributed by atoms with Crippen LogP contribution in [-0.2, 0) is 22.6 Å². The van der Waals surface area contributed by atoms with E-state index in [-0.39, 0.29) is 6.54 Å². The molecule has 0 radical (unpaired) electrons. The van der Waals surface area contributed by atoms with Gasteiger partial charge in [-0.05, 0) is 6.92 Å². The van der Waals surface area contributed by atoms with Crippen molar-refractivity contribution in [1.82, 2.24) is 19.7 Å². The SMILES string of the molecule is CCn1ncnc1CN(CCOC)CC(=O)O. The fraction of sp³-hybridized carbons (Fsp3) is 0.700. The summed E-state index contributed by atoms with van der Waals surface area (Å²) in [5, 5.41) is 12.9. The van der Waals surface area contributed by atoms with Crippen LogP contribution < -0.4 is 0 Å². The second-order valence-electron chi connectivity index (χ2n) is 3.59. The van der Waals surface area contributed by atoms with E-state index in [4.69, 9.17) is 9.84 Å². The number of methoxy groups -OCH3 is 1. The molecule has 0 spiro atoms. The molecule has 0 atom stereocenters. The van der Waals surface area contributed by atoms with Gasteiger partial charge in [-0.3, -0.25) is 9.69 Å². The van der Waals surface area contributed by atoms with E-state index in [9.17, 15) is 4.79 Å². The fourth-order valence-electron chi connectivity index (χ4n) is 1.50. The maximum absolute atomic E-state index is 10.7. The van der Waals surface area contributed by atoms with Crippen molar-refractivity contribution < 1.29 is 14.6 Å². The number of hydrogen-bond acceptors (Lipinski definition) is 5. The normalized spacial score (nSPS) is 11.0. The first-order valence-electron chi connectivity index (χ1n) is 5.47. The first kappa shape index (κ1) is 13.6. The lowest BCUT2D eigenvalue weighted by molar-refractivity contribution is -0.138. The average Bonchev–Trinajstić information content (AvgIpc) is 2.72. The van der Waals surface area contributed by atoms with E-state index in [1.807, 2.05) is 6.92 Å². The quantitative estimate of drug-likeness (QED) is 0.681. The van der Waals surface area contributed by atoms with Gasteiger partial charge in [0.15, 0.2) is 0 Å². The van der Waals surface area contributed by atoms with Crippen molar-refractivity contribution >= 4 is 5.97 Å². The van der Waals surface area contributed by atoms with Crippen molar-refractivity contribution in [2.45, 2.75) is 20.0 Å². The van der Waals surface area contributed by atoms with Gasteiger partial charge in [0, 0.05) is 20.2 Å². The average molecular weight is 242 g/mol. The Morgan fingerprint density at radius 3 is 3.00 bits per heavy atom. The number of carboxylic acid groups (broad SMARTS) is 1. The Morgan fingerprint density at radius 2 is 2.41 bits per heavy atom. The molecule has 1 aromatic rings. The standard InChI is InChI=1S/C10H18N4O3/c1-3-14-9(11-8-12-14)6-13(4-5-17-2)7-10(15)16/h8H,3-7H2,1-2H3,(H,15,16). The molecule has 17 heavy (non-hydrogen) atoms. The van der Waals surface area contributed by atoms with Crippen molar-refractivity contribution in [2.75, 3.05) is 26.8 Å². The Labute approximate surface area is 100 Å². The Hall–Kier alpha value is -1.47. The van der Waals surface area contributed by atoms with Crippen LogP contribution in [0.4, 0.5) is 0 Å². The molecule has 0 aliphatic heterocycles. The Bertz CT molecular complexity index is 353. The molecule has 0 amide bonds. The summed E-state index contributed by atoms with van der Waals surface area (Å²) in [6.45, 7) is 4.17. The smallest absolute Gasteiger partial charge is 0.317 e. The maximum Gasteiger partial charge on any atom is 0.317 e. The van der Waals surface area contributed by atoms with E-state index in [2.05, 4.69) is 10.1 Å². The van der Waals surface area contributed by atoms with Gasteiger partial charge in [-0.1, -0.05) is 0 Å². The van der Waals surface area contributed by atoms with Gasteiger partial charge in [-0.15, -0.1) is 0 Å². The van der Waals surface area contributed by atoms with E-state index < -0.39 is 5.97 Å². The highest BCUT2D eigenvalue weighted by atomic mass is 16.5. The molecule has 0 saturated heterocycles. The molecular formula is C10H18N4O3. The predicted molar refractivity (Wildman–Crippen MR) is 60.5 cm³/mol. The molecule has 0 unspecified atom stereocenters. The lowest BCUT2D eigenvalue weighted by Gasteiger charge is -2.19. The van der Waals surface area contributed by atoms with Crippen LogP contribution in [0, 0.1) is 0 Å². The van der Waals surface area contributed by atoms with Gasteiger partial charge in [0.25, 0.3) is 0 Å². The predicted octanol–water partition coefficient (Wildman–Crippen LogP) is -0.169. The van der Waals surface area contributed by atoms with Crippen LogP contribution >= 0.6 is 0 Å². The molecule has 7 heteroatoms. The van der Waals surface area contributed by atoms with E-state index in [1.165, 1.54) is 6.33 Å². The number of carbonyl (C=O) groups is 1. The lowest BCUT2D eigenvalue weighted by atomic mass is 10.4. The first-order chi connectivity index (χ1) is 8.17. The van der Waals surface area contributed by atoms with Gasteiger partial charge in [-0.25, -0.2) is 9.67 Å². The van der Waals surface area contributed by atoms with Crippen LogP contribution in [0.2, 0.25) is 0 Å². The third kappa shape index (κ3) is 4.49. The van der Waals surface area contributed by atoms with Gasteiger partial charge >= 0.3 is 5.97 Å². The zero-order valence-corrected chi connectivity index (χ0v) is 10.2. The summed E-state index contributed by atoms with van der Waals surface area (Å²) < 4.78 is 6.70. The number of rotatable bonds is 8. The molecule has 7 nitrogen and oxygen atoms in total. The zero-order valence-electron chi connectivity index (χ0n) is 10.2. The Kier molecular flexibility index (Phi) is 5.58. The molecule has 1 aromatic heterocycles. The second kappa shape index (κ2) is 6.97.